The van der Waals surface area contributed by atoms with Gasteiger partial charge in [-0.15, -0.1) is 0 Å². The second-order valence-corrected chi connectivity index (χ2v) is 7.69. The molecule has 0 saturated carbocycles. The number of ether oxygens (including phenoxy) is 2. The Balaban J connectivity index is 1.79. The van der Waals surface area contributed by atoms with Crippen molar-refractivity contribution in [3.8, 4) is 11.5 Å². The zero-order chi connectivity index (χ0) is 18.0. The molecular weight excluding hydrogens is 347 g/mol. The minimum absolute atomic E-state index is 0.0238. The molecular formula is C17H19FN2O4S. The van der Waals surface area contributed by atoms with Crippen LogP contribution in [0.5, 0.6) is 11.5 Å². The molecule has 2 heterocycles. The average Bonchev–Trinajstić information content (AvgIpc) is 3.07. The summed E-state index contributed by atoms with van der Waals surface area (Å²) in [6.07, 6.45) is 3.52. The largest absolute Gasteiger partial charge is 0.494 e. The normalized spacial score (nSPS) is 18.3. The summed E-state index contributed by atoms with van der Waals surface area (Å²) >= 11 is 0. The first kappa shape index (κ1) is 17.6. The summed E-state index contributed by atoms with van der Waals surface area (Å²) in [4.78, 5) is 3.92. The highest BCUT2D eigenvalue weighted by Crippen LogP contribution is 2.30. The number of rotatable bonds is 5. The summed E-state index contributed by atoms with van der Waals surface area (Å²) < 4.78 is 51.9. The first-order valence-corrected chi connectivity index (χ1v) is 9.27. The van der Waals surface area contributed by atoms with Crippen LogP contribution < -0.4 is 9.47 Å². The third kappa shape index (κ3) is 3.45. The van der Waals surface area contributed by atoms with E-state index in [1.807, 2.05) is 0 Å². The van der Waals surface area contributed by atoms with Crippen molar-refractivity contribution in [1.82, 2.24) is 9.29 Å². The van der Waals surface area contributed by atoms with Gasteiger partial charge in [0.1, 0.15) is 11.9 Å². The Hall–Kier alpha value is -2.19. The standard InChI is InChI=1S/C17H19FN2O4S/c1-12-16(6-5-15(23-2)17(12)18)25(21,22)20-9-7-14(11-20)24-13-4-3-8-19-10-13/h3-6,8,10,14H,7,9,11H2,1-2H3/t14-/m0/s1. The van der Waals surface area contributed by atoms with Gasteiger partial charge < -0.3 is 9.47 Å². The van der Waals surface area contributed by atoms with Crippen LogP contribution >= 0.6 is 0 Å². The van der Waals surface area contributed by atoms with E-state index < -0.39 is 15.8 Å². The van der Waals surface area contributed by atoms with Crippen molar-refractivity contribution in [2.75, 3.05) is 20.2 Å². The summed E-state index contributed by atoms with van der Waals surface area (Å²) in [6, 6.07) is 6.23. The van der Waals surface area contributed by atoms with Gasteiger partial charge in [-0.25, -0.2) is 12.8 Å². The van der Waals surface area contributed by atoms with Crippen molar-refractivity contribution in [1.29, 1.82) is 0 Å². The highest BCUT2D eigenvalue weighted by atomic mass is 32.2. The van der Waals surface area contributed by atoms with Crippen LogP contribution in [0.25, 0.3) is 0 Å². The van der Waals surface area contributed by atoms with E-state index >= 15 is 0 Å². The highest BCUT2D eigenvalue weighted by Gasteiger charge is 2.35. The summed E-state index contributed by atoms with van der Waals surface area (Å²) in [5, 5.41) is 0. The fourth-order valence-corrected chi connectivity index (χ4v) is 4.54. The number of benzene rings is 1. The number of hydrogen-bond acceptors (Lipinski definition) is 5. The van der Waals surface area contributed by atoms with E-state index in [0.29, 0.717) is 18.7 Å². The average molecular weight is 366 g/mol. The number of sulfonamides is 1. The molecule has 2 aromatic rings. The first-order chi connectivity index (χ1) is 11.9. The van der Waals surface area contributed by atoms with Crippen molar-refractivity contribution in [2.24, 2.45) is 0 Å². The molecule has 0 bridgehead atoms. The Morgan fingerprint density at radius 3 is 2.80 bits per heavy atom. The second kappa shape index (κ2) is 6.97. The van der Waals surface area contributed by atoms with Crippen LogP contribution in [-0.2, 0) is 10.0 Å². The topological polar surface area (TPSA) is 68.7 Å². The number of aromatic nitrogens is 1. The highest BCUT2D eigenvalue weighted by molar-refractivity contribution is 7.89. The van der Waals surface area contributed by atoms with Gasteiger partial charge in [0.25, 0.3) is 0 Å². The van der Waals surface area contributed by atoms with Crippen LogP contribution in [0.1, 0.15) is 12.0 Å². The Labute approximate surface area is 146 Å². The van der Waals surface area contributed by atoms with Crippen molar-refractivity contribution >= 4 is 10.0 Å². The molecule has 1 aromatic carbocycles. The molecule has 134 valence electrons. The molecule has 1 saturated heterocycles. The Bertz CT molecular complexity index is 858. The molecule has 0 aliphatic carbocycles. The Kier molecular flexibility index (Phi) is 4.91. The smallest absolute Gasteiger partial charge is 0.243 e. The molecule has 0 radical (unpaired) electrons. The molecule has 8 heteroatoms. The molecule has 0 spiro atoms. The lowest BCUT2D eigenvalue weighted by Crippen LogP contribution is -2.31. The maximum absolute atomic E-state index is 14.2. The van der Waals surface area contributed by atoms with Gasteiger partial charge in [0.2, 0.25) is 10.0 Å². The van der Waals surface area contributed by atoms with E-state index in [9.17, 15) is 12.8 Å². The van der Waals surface area contributed by atoms with Crippen molar-refractivity contribution in [2.45, 2.75) is 24.3 Å². The number of pyridine rings is 1. The molecule has 3 rings (SSSR count). The van der Waals surface area contributed by atoms with Crippen LogP contribution in [0.15, 0.2) is 41.6 Å². The van der Waals surface area contributed by atoms with E-state index in [1.54, 1.807) is 24.5 Å². The Morgan fingerprint density at radius 2 is 2.12 bits per heavy atom. The number of nitrogens with zero attached hydrogens (tertiary/aromatic N) is 2. The summed E-state index contributed by atoms with van der Waals surface area (Å²) in [5.41, 5.74) is 0.0518. The zero-order valence-electron chi connectivity index (χ0n) is 14.0. The first-order valence-electron chi connectivity index (χ1n) is 7.83. The van der Waals surface area contributed by atoms with E-state index in [-0.39, 0.29) is 28.9 Å². The fraction of sp³-hybridized carbons (Fsp3) is 0.353. The number of hydrogen-bond donors (Lipinski definition) is 0. The van der Waals surface area contributed by atoms with Crippen molar-refractivity contribution < 1.29 is 22.3 Å². The van der Waals surface area contributed by atoms with Crippen molar-refractivity contribution in [3.63, 3.8) is 0 Å². The van der Waals surface area contributed by atoms with Crippen LogP contribution in [0.3, 0.4) is 0 Å². The van der Waals surface area contributed by atoms with Gasteiger partial charge >= 0.3 is 0 Å². The monoisotopic (exact) mass is 366 g/mol. The van der Waals surface area contributed by atoms with Gasteiger partial charge in [-0.3, -0.25) is 4.98 Å². The minimum atomic E-state index is -3.80. The van der Waals surface area contributed by atoms with E-state index in [0.717, 1.165) is 0 Å². The molecule has 6 nitrogen and oxygen atoms in total. The number of methoxy groups -OCH3 is 1. The molecule has 0 unspecified atom stereocenters. The van der Waals surface area contributed by atoms with Gasteiger partial charge in [-0.2, -0.15) is 4.31 Å². The fourth-order valence-electron chi connectivity index (χ4n) is 2.84. The van der Waals surface area contributed by atoms with Gasteiger partial charge in [0.05, 0.1) is 24.7 Å². The minimum Gasteiger partial charge on any atom is -0.494 e. The molecule has 1 aromatic heterocycles. The lowest BCUT2D eigenvalue weighted by Gasteiger charge is -2.19. The lowest BCUT2D eigenvalue weighted by molar-refractivity contribution is 0.214. The molecule has 0 amide bonds. The van der Waals surface area contributed by atoms with Crippen LogP contribution in [0.2, 0.25) is 0 Å². The summed E-state index contributed by atoms with van der Waals surface area (Å²) in [5.74, 6) is -0.0417. The van der Waals surface area contributed by atoms with Gasteiger partial charge in [0, 0.05) is 18.3 Å². The molecule has 1 aliphatic rings. The second-order valence-electron chi connectivity index (χ2n) is 5.79. The van der Waals surface area contributed by atoms with E-state index in [2.05, 4.69) is 4.98 Å². The SMILES string of the molecule is COc1ccc(S(=O)(=O)N2CC[C@H](Oc3cccnc3)C2)c(C)c1F. The number of halogens is 1. The summed E-state index contributed by atoms with van der Waals surface area (Å²) in [7, 11) is -2.46. The van der Waals surface area contributed by atoms with Gasteiger partial charge in [-0.05, 0) is 37.6 Å². The zero-order valence-corrected chi connectivity index (χ0v) is 14.8. The van der Waals surface area contributed by atoms with Crippen LogP contribution in [-0.4, -0.2) is 44.0 Å². The lowest BCUT2D eigenvalue weighted by atomic mass is 10.2. The molecule has 1 atom stereocenters. The maximum atomic E-state index is 14.2. The molecule has 1 aliphatic heterocycles. The van der Waals surface area contributed by atoms with E-state index in [4.69, 9.17) is 9.47 Å². The summed E-state index contributed by atoms with van der Waals surface area (Å²) in [6.45, 7) is 1.97. The van der Waals surface area contributed by atoms with Crippen molar-refractivity contribution in [3.05, 3.63) is 48.0 Å². The third-order valence-corrected chi connectivity index (χ3v) is 6.19. The predicted octanol–water partition coefficient (Wildman–Crippen LogP) is 2.38. The molecule has 0 N–H and O–H groups in total. The maximum Gasteiger partial charge on any atom is 0.243 e. The quantitative estimate of drug-likeness (QED) is 0.813. The Morgan fingerprint density at radius 1 is 1.32 bits per heavy atom. The van der Waals surface area contributed by atoms with E-state index in [1.165, 1.54) is 30.5 Å². The van der Waals surface area contributed by atoms with Gasteiger partial charge in [0.15, 0.2) is 11.6 Å². The molecule has 25 heavy (non-hydrogen) atoms. The van der Waals surface area contributed by atoms with Crippen LogP contribution in [0, 0.1) is 12.7 Å². The third-order valence-electron chi connectivity index (χ3n) is 4.18. The molecule has 1 fully saturated rings. The predicted molar refractivity (Wildman–Crippen MR) is 89.7 cm³/mol. The van der Waals surface area contributed by atoms with Gasteiger partial charge in [-0.1, -0.05) is 0 Å². The van der Waals surface area contributed by atoms with Crippen LogP contribution in [0.4, 0.5) is 4.39 Å².